The van der Waals surface area contributed by atoms with Crippen molar-refractivity contribution in [1.29, 1.82) is 0 Å². The first kappa shape index (κ1) is 23.1. The molecule has 0 fully saturated rings. The standard InChI is InChI=1S/C24H24N2O5S/c1-2-16-25-32(28,29)23-14-10-20(11-15-23)26-24(27)19-8-12-22(13-9-19)31-18-17-30-21-6-4-3-5-7-21/h2-15,25H,1,16-18H2,(H,26,27). The highest BCUT2D eigenvalue weighted by Gasteiger charge is 2.13. The van der Waals surface area contributed by atoms with Gasteiger partial charge in [-0.2, -0.15) is 0 Å². The Labute approximate surface area is 187 Å². The summed E-state index contributed by atoms with van der Waals surface area (Å²) in [5.41, 5.74) is 0.929. The second-order valence-corrected chi connectivity index (χ2v) is 8.42. The van der Waals surface area contributed by atoms with E-state index in [4.69, 9.17) is 9.47 Å². The van der Waals surface area contributed by atoms with Crippen molar-refractivity contribution in [1.82, 2.24) is 4.72 Å². The first-order valence-electron chi connectivity index (χ1n) is 9.90. The summed E-state index contributed by atoms with van der Waals surface area (Å²) in [5.74, 6) is 1.09. The molecule has 0 radical (unpaired) electrons. The third-order valence-electron chi connectivity index (χ3n) is 4.32. The van der Waals surface area contributed by atoms with E-state index in [0.717, 1.165) is 5.75 Å². The fraction of sp³-hybridized carbons (Fsp3) is 0.125. The molecule has 7 nitrogen and oxygen atoms in total. The molecule has 0 aliphatic rings. The number of carbonyl (C=O) groups is 1. The first-order valence-corrected chi connectivity index (χ1v) is 11.4. The summed E-state index contributed by atoms with van der Waals surface area (Å²) in [6.45, 7) is 4.40. The van der Waals surface area contributed by atoms with Crippen LogP contribution in [0, 0.1) is 0 Å². The van der Waals surface area contributed by atoms with Crippen LogP contribution in [0.5, 0.6) is 11.5 Å². The van der Waals surface area contributed by atoms with Crippen LogP contribution in [0.4, 0.5) is 5.69 Å². The third kappa shape index (κ3) is 6.69. The number of ether oxygens (including phenoxy) is 2. The molecular weight excluding hydrogens is 428 g/mol. The zero-order valence-corrected chi connectivity index (χ0v) is 18.2. The van der Waals surface area contributed by atoms with Gasteiger partial charge in [0.05, 0.1) is 4.90 Å². The van der Waals surface area contributed by atoms with E-state index in [1.807, 2.05) is 30.3 Å². The zero-order valence-electron chi connectivity index (χ0n) is 17.4. The van der Waals surface area contributed by atoms with Crippen molar-refractivity contribution in [3.05, 3.63) is 97.1 Å². The summed E-state index contributed by atoms with van der Waals surface area (Å²) in [6.07, 6.45) is 1.46. The van der Waals surface area contributed by atoms with Crippen LogP contribution in [0.2, 0.25) is 0 Å². The Hall–Kier alpha value is -3.62. The lowest BCUT2D eigenvalue weighted by atomic mass is 10.2. The largest absolute Gasteiger partial charge is 0.490 e. The van der Waals surface area contributed by atoms with Gasteiger partial charge in [0.15, 0.2) is 0 Å². The molecule has 0 saturated carbocycles. The highest BCUT2D eigenvalue weighted by molar-refractivity contribution is 7.89. The van der Waals surface area contributed by atoms with Crippen LogP contribution < -0.4 is 19.5 Å². The van der Waals surface area contributed by atoms with Gasteiger partial charge in [-0.25, -0.2) is 13.1 Å². The minimum absolute atomic E-state index is 0.107. The first-order chi connectivity index (χ1) is 15.5. The van der Waals surface area contributed by atoms with E-state index in [0.29, 0.717) is 30.2 Å². The molecule has 0 spiro atoms. The molecule has 0 aliphatic heterocycles. The van der Waals surface area contributed by atoms with Crippen LogP contribution in [-0.4, -0.2) is 34.1 Å². The fourth-order valence-corrected chi connectivity index (χ4v) is 3.71. The third-order valence-corrected chi connectivity index (χ3v) is 5.76. The molecule has 0 aromatic heterocycles. The summed E-state index contributed by atoms with van der Waals surface area (Å²) in [6, 6.07) is 22.1. The number of amides is 1. The van der Waals surface area contributed by atoms with Gasteiger partial charge in [-0.15, -0.1) is 6.58 Å². The molecule has 2 N–H and O–H groups in total. The van der Waals surface area contributed by atoms with E-state index in [-0.39, 0.29) is 17.3 Å². The van der Waals surface area contributed by atoms with Gasteiger partial charge in [-0.05, 0) is 60.7 Å². The molecule has 3 aromatic rings. The number of benzene rings is 3. The van der Waals surface area contributed by atoms with Crippen molar-refractivity contribution in [3.63, 3.8) is 0 Å². The normalized spacial score (nSPS) is 10.9. The van der Waals surface area contributed by atoms with Crippen LogP contribution >= 0.6 is 0 Å². The van der Waals surface area contributed by atoms with E-state index in [9.17, 15) is 13.2 Å². The van der Waals surface area contributed by atoms with Crippen molar-refractivity contribution >= 4 is 21.6 Å². The number of sulfonamides is 1. The second-order valence-electron chi connectivity index (χ2n) is 6.65. The molecular formula is C24H24N2O5S. The van der Waals surface area contributed by atoms with Gasteiger partial charge in [0, 0.05) is 17.8 Å². The average molecular weight is 453 g/mol. The Balaban J connectivity index is 1.49. The molecule has 0 heterocycles. The summed E-state index contributed by atoms with van der Waals surface area (Å²) in [7, 11) is -3.61. The maximum Gasteiger partial charge on any atom is 0.255 e. The van der Waals surface area contributed by atoms with E-state index in [2.05, 4.69) is 16.6 Å². The van der Waals surface area contributed by atoms with Crippen LogP contribution in [0.15, 0.2) is 96.4 Å². The molecule has 166 valence electrons. The molecule has 3 rings (SSSR count). The summed E-state index contributed by atoms with van der Waals surface area (Å²) >= 11 is 0. The molecule has 32 heavy (non-hydrogen) atoms. The second kappa shape index (κ2) is 11.1. The number of hydrogen-bond acceptors (Lipinski definition) is 5. The van der Waals surface area contributed by atoms with Gasteiger partial charge in [0.2, 0.25) is 10.0 Å². The maximum atomic E-state index is 12.5. The molecule has 0 aliphatic carbocycles. The predicted molar refractivity (Wildman–Crippen MR) is 124 cm³/mol. The molecule has 1 amide bonds. The Morgan fingerprint density at radius 2 is 1.44 bits per heavy atom. The summed E-state index contributed by atoms with van der Waals surface area (Å²) < 4.78 is 37.7. The monoisotopic (exact) mass is 452 g/mol. The van der Waals surface area contributed by atoms with E-state index >= 15 is 0 Å². The lowest BCUT2D eigenvalue weighted by molar-refractivity contribution is 0.102. The molecule has 3 aromatic carbocycles. The van der Waals surface area contributed by atoms with Crippen molar-refractivity contribution in [2.24, 2.45) is 0 Å². The van der Waals surface area contributed by atoms with Gasteiger partial charge >= 0.3 is 0 Å². The Bertz CT molecular complexity index is 1130. The number of hydrogen-bond donors (Lipinski definition) is 2. The molecule has 0 unspecified atom stereocenters. The number of rotatable bonds is 11. The highest BCUT2D eigenvalue weighted by atomic mass is 32.2. The van der Waals surface area contributed by atoms with Crippen molar-refractivity contribution in [3.8, 4) is 11.5 Å². The number of para-hydroxylation sites is 1. The lowest BCUT2D eigenvalue weighted by Gasteiger charge is -2.10. The predicted octanol–water partition coefficient (Wildman–Crippen LogP) is 3.86. The Morgan fingerprint density at radius 1 is 0.844 bits per heavy atom. The number of carbonyl (C=O) groups excluding carboxylic acids is 1. The quantitative estimate of drug-likeness (QED) is 0.340. The van der Waals surface area contributed by atoms with Gasteiger partial charge in [-0.3, -0.25) is 4.79 Å². The van der Waals surface area contributed by atoms with Crippen molar-refractivity contribution in [2.75, 3.05) is 25.1 Å². The number of anilines is 1. The number of nitrogens with one attached hydrogen (secondary N) is 2. The van der Waals surface area contributed by atoms with Gasteiger partial charge < -0.3 is 14.8 Å². The molecule has 0 saturated heterocycles. The topological polar surface area (TPSA) is 93.7 Å². The van der Waals surface area contributed by atoms with Gasteiger partial charge in [0.25, 0.3) is 5.91 Å². The molecule has 0 atom stereocenters. The van der Waals surface area contributed by atoms with Crippen LogP contribution in [0.3, 0.4) is 0 Å². The maximum absolute atomic E-state index is 12.5. The highest BCUT2D eigenvalue weighted by Crippen LogP contribution is 2.17. The van der Waals surface area contributed by atoms with E-state index in [1.54, 1.807) is 24.3 Å². The van der Waals surface area contributed by atoms with Crippen LogP contribution in [0.1, 0.15) is 10.4 Å². The van der Waals surface area contributed by atoms with Gasteiger partial charge in [-0.1, -0.05) is 24.3 Å². The smallest absolute Gasteiger partial charge is 0.255 e. The lowest BCUT2D eigenvalue weighted by Crippen LogP contribution is -2.23. The SMILES string of the molecule is C=CCNS(=O)(=O)c1ccc(NC(=O)c2ccc(OCCOc3ccccc3)cc2)cc1. The Morgan fingerprint density at radius 3 is 2.03 bits per heavy atom. The molecule has 8 heteroatoms. The molecule has 0 bridgehead atoms. The van der Waals surface area contributed by atoms with E-state index in [1.165, 1.54) is 30.3 Å². The zero-order chi connectivity index (χ0) is 22.8. The minimum atomic E-state index is -3.61. The van der Waals surface area contributed by atoms with E-state index < -0.39 is 10.0 Å². The van der Waals surface area contributed by atoms with Crippen LogP contribution in [0.25, 0.3) is 0 Å². The van der Waals surface area contributed by atoms with Crippen molar-refractivity contribution in [2.45, 2.75) is 4.90 Å². The van der Waals surface area contributed by atoms with Crippen molar-refractivity contribution < 1.29 is 22.7 Å². The summed E-state index contributed by atoms with van der Waals surface area (Å²) in [5, 5.41) is 2.74. The summed E-state index contributed by atoms with van der Waals surface area (Å²) in [4.78, 5) is 12.6. The van der Waals surface area contributed by atoms with Gasteiger partial charge in [0.1, 0.15) is 24.7 Å². The minimum Gasteiger partial charge on any atom is -0.490 e. The van der Waals surface area contributed by atoms with Crippen LogP contribution in [-0.2, 0) is 10.0 Å². The fourth-order valence-electron chi connectivity index (χ4n) is 2.71. The average Bonchev–Trinajstić information content (AvgIpc) is 2.82. The Kier molecular flexibility index (Phi) is 8.02.